The van der Waals surface area contributed by atoms with Crippen LogP contribution in [0.1, 0.15) is 5.01 Å². The number of nitrogens with zero attached hydrogens (tertiary/aromatic N) is 3. The summed E-state index contributed by atoms with van der Waals surface area (Å²) in [5, 5.41) is 9.35. The van der Waals surface area contributed by atoms with Gasteiger partial charge < -0.3 is 10.6 Å². The van der Waals surface area contributed by atoms with Gasteiger partial charge in [-0.15, -0.1) is 11.3 Å². The molecule has 0 fully saturated rings. The average molecular weight is 314 g/mol. The summed E-state index contributed by atoms with van der Waals surface area (Å²) in [5.41, 5.74) is 0. The van der Waals surface area contributed by atoms with Crippen molar-refractivity contribution in [2.45, 2.75) is 6.42 Å². The van der Waals surface area contributed by atoms with E-state index in [-0.39, 0.29) is 0 Å². The van der Waals surface area contributed by atoms with Crippen LogP contribution < -0.4 is 10.6 Å². The van der Waals surface area contributed by atoms with Crippen molar-refractivity contribution in [3.8, 4) is 0 Å². The van der Waals surface area contributed by atoms with E-state index in [1.54, 1.807) is 11.3 Å². The zero-order chi connectivity index (χ0) is 12.1. The largest absolute Gasteiger partial charge is 0.372 e. The van der Waals surface area contributed by atoms with E-state index in [0.29, 0.717) is 0 Å². The van der Waals surface area contributed by atoms with Crippen molar-refractivity contribution < 1.29 is 0 Å². The standard InChI is InChI=1S/C10H12BrN5S/c1-12-9-8(11)10(16-6-15-9)14-3-2-7-13-4-5-17-7/h4-6H,2-3H2,1H3,(H2,12,14,15,16). The van der Waals surface area contributed by atoms with Gasteiger partial charge in [0.1, 0.15) is 22.4 Å². The first-order valence-corrected chi connectivity index (χ1v) is 6.79. The van der Waals surface area contributed by atoms with Crippen molar-refractivity contribution >= 4 is 38.9 Å². The first-order chi connectivity index (χ1) is 8.31. The number of rotatable bonds is 5. The summed E-state index contributed by atoms with van der Waals surface area (Å²) in [5.74, 6) is 1.57. The number of halogens is 1. The maximum atomic E-state index is 4.23. The molecule has 0 aromatic carbocycles. The Kier molecular flexibility index (Phi) is 4.27. The number of nitrogens with one attached hydrogen (secondary N) is 2. The van der Waals surface area contributed by atoms with E-state index in [2.05, 4.69) is 41.5 Å². The minimum atomic E-state index is 0.775. The summed E-state index contributed by atoms with van der Waals surface area (Å²) in [6.07, 6.45) is 4.24. The molecule has 0 aliphatic carbocycles. The van der Waals surface area contributed by atoms with Gasteiger partial charge in [0.05, 0.1) is 5.01 Å². The highest BCUT2D eigenvalue weighted by atomic mass is 79.9. The van der Waals surface area contributed by atoms with Crippen molar-refractivity contribution in [2.75, 3.05) is 24.2 Å². The molecule has 2 rings (SSSR count). The second kappa shape index (κ2) is 5.92. The summed E-state index contributed by atoms with van der Waals surface area (Å²) in [4.78, 5) is 12.5. The van der Waals surface area contributed by atoms with Crippen molar-refractivity contribution in [3.05, 3.63) is 27.4 Å². The quantitative estimate of drug-likeness (QED) is 0.887. The molecule has 5 nitrogen and oxygen atoms in total. The molecule has 0 radical (unpaired) electrons. The monoisotopic (exact) mass is 313 g/mol. The van der Waals surface area contributed by atoms with Crippen LogP contribution in [0.25, 0.3) is 0 Å². The molecule has 0 atom stereocenters. The van der Waals surface area contributed by atoms with Gasteiger partial charge in [-0.05, 0) is 15.9 Å². The van der Waals surface area contributed by atoms with Crippen LogP contribution in [0, 0.1) is 0 Å². The van der Waals surface area contributed by atoms with E-state index < -0.39 is 0 Å². The average Bonchev–Trinajstić information content (AvgIpc) is 2.84. The number of hydrogen-bond acceptors (Lipinski definition) is 6. The van der Waals surface area contributed by atoms with Crippen LogP contribution in [0.5, 0.6) is 0 Å². The Hall–Kier alpha value is -1.21. The van der Waals surface area contributed by atoms with Crippen LogP contribution in [-0.4, -0.2) is 28.5 Å². The predicted molar refractivity (Wildman–Crippen MR) is 73.6 cm³/mol. The Bertz CT molecular complexity index is 474. The van der Waals surface area contributed by atoms with Gasteiger partial charge in [0.15, 0.2) is 0 Å². The lowest BCUT2D eigenvalue weighted by Gasteiger charge is -2.08. The van der Waals surface area contributed by atoms with Gasteiger partial charge in [-0.1, -0.05) is 0 Å². The second-order valence-electron chi connectivity index (χ2n) is 3.24. The van der Waals surface area contributed by atoms with Crippen LogP contribution in [-0.2, 0) is 6.42 Å². The molecule has 90 valence electrons. The summed E-state index contributed by atoms with van der Waals surface area (Å²) in [7, 11) is 1.83. The molecule has 0 spiro atoms. The van der Waals surface area contributed by atoms with E-state index in [9.17, 15) is 0 Å². The minimum absolute atomic E-state index is 0.775. The Morgan fingerprint density at radius 3 is 2.82 bits per heavy atom. The second-order valence-corrected chi connectivity index (χ2v) is 5.01. The van der Waals surface area contributed by atoms with Gasteiger partial charge in [0.2, 0.25) is 0 Å². The molecule has 2 aromatic heterocycles. The first-order valence-electron chi connectivity index (χ1n) is 5.11. The van der Waals surface area contributed by atoms with Crippen molar-refractivity contribution in [3.63, 3.8) is 0 Å². The highest BCUT2D eigenvalue weighted by Crippen LogP contribution is 2.25. The molecule has 2 N–H and O–H groups in total. The van der Waals surface area contributed by atoms with Gasteiger partial charge in [-0.2, -0.15) is 0 Å². The van der Waals surface area contributed by atoms with Crippen LogP contribution in [0.15, 0.2) is 22.4 Å². The maximum absolute atomic E-state index is 4.23. The predicted octanol–water partition coefficient (Wildman–Crippen LogP) is 2.39. The third kappa shape index (κ3) is 3.13. The molecular weight excluding hydrogens is 302 g/mol. The molecule has 0 aliphatic heterocycles. The van der Waals surface area contributed by atoms with Crippen LogP contribution in [0.3, 0.4) is 0 Å². The van der Waals surface area contributed by atoms with Crippen LogP contribution >= 0.6 is 27.3 Å². The van der Waals surface area contributed by atoms with E-state index in [1.165, 1.54) is 6.33 Å². The van der Waals surface area contributed by atoms with Gasteiger partial charge >= 0.3 is 0 Å². The molecule has 0 aliphatic rings. The first kappa shape index (κ1) is 12.3. The topological polar surface area (TPSA) is 62.7 Å². The summed E-state index contributed by atoms with van der Waals surface area (Å²) < 4.78 is 0.849. The van der Waals surface area contributed by atoms with E-state index >= 15 is 0 Å². The maximum Gasteiger partial charge on any atom is 0.145 e. The fourth-order valence-corrected chi connectivity index (χ4v) is 2.50. The third-order valence-electron chi connectivity index (χ3n) is 2.14. The highest BCUT2D eigenvalue weighted by molar-refractivity contribution is 9.10. The zero-order valence-corrected chi connectivity index (χ0v) is 11.7. The number of anilines is 2. The molecule has 7 heteroatoms. The minimum Gasteiger partial charge on any atom is -0.372 e. The number of hydrogen-bond donors (Lipinski definition) is 2. The Balaban J connectivity index is 1.95. The molecule has 0 saturated heterocycles. The summed E-state index contributed by atoms with van der Waals surface area (Å²) >= 11 is 5.12. The van der Waals surface area contributed by atoms with E-state index in [0.717, 1.165) is 34.1 Å². The van der Waals surface area contributed by atoms with Gasteiger partial charge in [0, 0.05) is 31.6 Å². The highest BCUT2D eigenvalue weighted by Gasteiger charge is 2.06. The summed E-state index contributed by atoms with van der Waals surface area (Å²) in [6, 6.07) is 0. The molecule has 17 heavy (non-hydrogen) atoms. The lowest BCUT2D eigenvalue weighted by atomic mass is 10.4. The zero-order valence-electron chi connectivity index (χ0n) is 9.27. The third-order valence-corrected chi connectivity index (χ3v) is 3.73. The fourth-order valence-electron chi connectivity index (χ4n) is 1.33. The molecule has 0 saturated carbocycles. The smallest absolute Gasteiger partial charge is 0.145 e. The van der Waals surface area contributed by atoms with Crippen molar-refractivity contribution in [1.82, 2.24) is 15.0 Å². The van der Waals surface area contributed by atoms with Crippen LogP contribution in [0.2, 0.25) is 0 Å². The van der Waals surface area contributed by atoms with Gasteiger partial charge in [-0.25, -0.2) is 15.0 Å². The molecule has 2 aromatic rings. The molecule has 2 heterocycles. The Morgan fingerprint density at radius 1 is 1.29 bits per heavy atom. The van der Waals surface area contributed by atoms with Gasteiger partial charge in [-0.3, -0.25) is 0 Å². The Labute approximate surface area is 112 Å². The SMILES string of the molecule is CNc1ncnc(NCCc2nccs2)c1Br. The van der Waals surface area contributed by atoms with Crippen molar-refractivity contribution in [1.29, 1.82) is 0 Å². The van der Waals surface area contributed by atoms with Crippen molar-refractivity contribution in [2.24, 2.45) is 0 Å². The number of thiazole rings is 1. The Morgan fingerprint density at radius 2 is 2.12 bits per heavy atom. The van der Waals surface area contributed by atoms with E-state index in [4.69, 9.17) is 0 Å². The lowest BCUT2D eigenvalue weighted by molar-refractivity contribution is 0.979. The molecule has 0 bridgehead atoms. The normalized spacial score (nSPS) is 10.2. The lowest BCUT2D eigenvalue weighted by Crippen LogP contribution is -2.08. The molecule has 0 amide bonds. The van der Waals surface area contributed by atoms with Crippen LogP contribution in [0.4, 0.5) is 11.6 Å². The number of aromatic nitrogens is 3. The summed E-state index contributed by atoms with van der Waals surface area (Å²) in [6.45, 7) is 0.798. The van der Waals surface area contributed by atoms with Gasteiger partial charge in [0.25, 0.3) is 0 Å². The molecular formula is C10H12BrN5S. The molecule has 0 unspecified atom stereocenters. The van der Waals surface area contributed by atoms with E-state index in [1.807, 2.05) is 18.6 Å². The fraction of sp³-hybridized carbons (Fsp3) is 0.300.